The molecule has 0 saturated heterocycles. The normalized spacial score (nSPS) is 10.8. The van der Waals surface area contributed by atoms with Crippen molar-refractivity contribution in [2.24, 2.45) is 0 Å². The second-order valence-electron chi connectivity index (χ2n) is 5.11. The number of nitrogens with zero attached hydrogens (tertiary/aromatic N) is 1. The number of aryl methyl sites for hydroxylation is 1. The van der Waals surface area contributed by atoms with E-state index >= 15 is 0 Å². The van der Waals surface area contributed by atoms with Crippen LogP contribution in [0.15, 0.2) is 56.2 Å². The molecule has 25 heavy (non-hydrogen) atoms. The smallest absolute Gasteiger partial charge is 0.335 e. The zero-order valence-electron chi connectivity index (χ0n) is 12.9. The van der Waals surface area contributed by atoms with Gasteiger partial charge in [-0.1, -0.05) is 30.0 Å². The van der Waals surface area contributed by atoms with Crippen molar-refractivity contribution in [3.63, 3.8) is 0 Å². The van der Waals surface area contributed by atoms with Gasteiger partial charge in [0.1, 0.15) is 10.2 Å². The lowest BCUT2D eigenvalue weighted by atomic mass is 10.1. The molecule has 0 fully saturated rings. The minimum absolute atomic E-state index is 0.214. The third-order valence-corrected chi connectivity index (χ3v) is 5.89. The molecule has 2 heterocycles. The fourth-order valence-corrected chi connectivity index (χ4v) is 4.31. The molecule has 0 radical (unpaired) electrons. The van der Waals surface area contributed by atoms with Gasteiger partial charge in [-0.2, -0.15) is 0 Å². The fourth-order valence-electron chi connectivity index (χ4n) is 2.21. The predicted octanol–water partition coefficient (Wildman–Crippen LogP) is 4.29. The molecule has 0 atom stereocenters. The molecule has 0 aliphatic carbocycles. The van der Waals surface area contributed by atoms with E-state index in [0.29, 0.717) is 27.5 Å². The monoisotopic (exact) mass is 436 g/mol. The summed E-state index contributed by atoms with van der Waals surface area (Å²) in [5.41, 5.74) is 1.63. The number of carbonyl (C=O) groups is 1. The molecule has 5 nitrogen and oxygen atoms in total. The van der Waals surface area contributed by atoms with Gasteiger partial charge in [0.25, 0.3) is 5.56 Å². The highest BCUT2D eigenvalue weighted by molar-refractivity contribution is 9.10. The van der Waals surface area contributed by atoms with Crippen molar-refractivity contribution in [3.8, 4) is 10.6 Å². The molecule has 0 amide bonds. The highest BCUT2D eigenvalue weighted by Crippen LogP contribution is 2.29. The minimum atomic E-state index is -0.936. The van der Waals surface area contributed by atoms with Gasteiger partial charge in [0.2, 0.25) is 0 Å². The van der Waals surface area contributed by atoms with Crippen molar-refractivity contribution in [1.82, 2.24) is 9.97 Å². The van der Waals surface area contributed by atoms with Gasteiger partial charge in [-0.25, -0.2) is 9.78 Å². The van der Waals surface area contributed by atoms with Crippen LogP contribution in [0.25, 0.3) is 10.6 Å². The summed E-state index contributed by atoms with van der Waals surface area (Å²) in [5.74, 6) is -0.258. The second-order valence-corrected chi connectivity index (χ2v) is 7.94. The molecule has 128 valence electrons. The first-order chi connectivity index (χ1) is 12.0. The molecule has 0 aliphatic rings. The van der Waals surface area contributed by atoms with Gasteiger partial charge in [0.15, 0.2) is 5.16 Å². The van der Waals surface area contributed by atoms with Crippen LogP contribution in [0.5, 0.6) is 0 Å². The number of thioether (sulfide) groups is 1. The molecular weight excluding hydrogens is 424 g/mol. The first-order valence-corrected chi connectivity index (χ1v) is 9.99. The van der Waals surface area contributed by atoms with Gasteiger partial charge in [-0.05, 0) is 51.5 Å². The first kappa shape index (κ1) is 17.9. The number of aromatic amines is 1. The Morgan fingerprint density at radius 2 is 2.16 bits per heavy atom. The number of benzene rings is 1. The topological polar surface area (TPSA) is 83.0 Å². The van der Waals surface area contributed by atoms with Gasteiger partial charge in [-0.15, -0.1) is 11.3 Å². The Balaban J connectivity index is 1.73. The van der Waals surface area contributed by atoms with Gasteiger partial charge >= 0.3 is 5.97 Å². The number of hydrogen-bond donors (Lipinski definition) is 2. The molecule has 3 rings (SSSR count). The largest absolute Gasteiger partial charge is 0.478 e. The first-order valence-electron chi connectivity index (χ1n) is 7.33. The Bertz CT molecular complexity index is 955. The summed E-state index contributed by atoms with van der Waals surface area (Å²) < 4.78 is 0.424. The van der Waals surface area contributed by atoms with Gasteiger partial charge in [-0.3, -0.25) is 4.79 Å². The molecule has 1 aromatic carbocycles. The molecular formula is C17H13BrN2O3S2. The van der Waals surface area contributed by atoms with Crippen LogP contribution in [0.4, 0.5) is 0 Å². The quantitative estimate of drug-likeness (QED) is 0.444. The molecule has 3 aromatic rings. The summed E-state index contributed by atoms with van der Waals surface area (Å²) in [6.45, 7) is 0. The van der Waals surface area contributed by atoms with E-state index in [1.54, 1.807) is 18.2 Å². The summed E-state index contributed by atoms with van der Waals surface area (Å²) in [5, 5.41) is 11.5. The molecule has 0 spiro atoms. The maximum Gasteiger partial charge on any atom is 0.335 e. The van der Waals surface area contributed by atoms with Crippen molar-refractivity contribution in [2.45, 2.75) is 11.6 Å². The van der Waals surface area contributed by atoms with E-state index in [-0.39, 0.29) is 11.1 Å². The molecule has 2 aromatic heterocycles. The van der Waals surface area contributed by atoms with Crippen LogP contribution in [-0.4, -0.2) is 26.8 Å². The van der Waals surface area contributed by atoms with E-state index in [4.69, 9.17) is 5.11 Å². The van der Waals surface area contributed by atoms with E-state index in [0.717, 1.165) is 10.4 Å². The maximum atomic E-state index is 12.1. The summed E-state index contributed by atoms with van der Waals surface area (Å²) in [6, 6.07) is 10.7. The van der Waals surface area contributed by atoms with Crippen molar-refractivity contribution in [1.29, 1.82) is 0 Å². The SMILES string of the molecule is O=C(O)c1cccc(CCSc2nc(-c3cccs3)c(Br)c(=O)[nH]2)c1. The number of carboxylic acid groups (broad SMARTS) is 1. The van der Waals surface area contributed by atoms with Crippen LogP contribution in [0.2, 0.25) is 0 Å². The standard InChI is InChI=1S/C17H13BrN2O3S2/c18-13-14(12-5-2-7-24-12)19-17(20-15(13)21)25-8-6-10-3-1-4-11(9-10)16(22)23/h1-5,7,9H,6,8H2,(H,22,23)(H,19,20,21). The highest BCUT2D eigenvalue weighted by Gasteiger charge is 2.12. The van der Waals surface area contributed by atoms with Crippen molar-refractivity contribution >= 4 is 45.0 Å². The fraction of sp³-hybridized carbons (Fsp3) is 0.118. The number of carboxylic acids is 1. The molecule has 0 unspecified atom stereocenters. The zero-order chi connectivity index (χ0) is 17.8. The lowest BCUT2D eigenvalue weighted by molar-refractivity contribution is 0.0697. The lowest BCUT2D eigenvalue weighted by Crippen LogP contribution is -2.11. The van der Waals surface area contributed by atoms with Crippen molar-refractivity contribution in [2.75, 3.05) is 5.75 Å². The number of rotatable bonds is 6. The number of aromatic carboxylic acids is 1. The minimum Gasteiger partial charge on any atom is -0.478 e. The Hall–Kier alpha value is -1.90. The number of nitrogens with one attached hydrogen (secondary N) is 1. The van der Waals surface area contributed by atoms with E-state index in [1.165, 1.54) is 23.1 Å². The number of hydrogen-bond acceptors (Lipinski definition) is 5. The number of halogens is 1. The third-order valence-electron chi connectivity index (χ3n) is 3.40. The van der Waals surface area contributed by atoms with Crippen LogP contribution >= 0.6 is 39.0 Å². The molecule has 0 saturated carbocycles. The molecule has 2 N–H and O–H groups in total. The van der Waals surface area contributed by atoms with Crippen molar-refractivity contribution in [3.05, 3.63) is 67.7 Å². The van der Waals surface area contributed by atoms with Gasteiger partial charge < -0.3 is 10.1 Å². The van der Waals surface area contributed by atoms with E-state index in [1.807, 2.05) is 23.6 Å². The third kappa shape index (κ3) is 4.39. The molecule has 8 heteroatoms. The Morgan fingerprint density at radius 3 is 2.88 bits per heavy atom. The summed E-state index contributed by atoms with van der Waals surface area (Å²) >= 11 is 6.25. The number of aromatic nitrogens is 2. The van der Waals surface area contributed by atoms with Crippen LogP contribution < -0.4 is 5.56 Å². The highest BCUT2D eigenvalue weighted by atomic mass is 79.9. The Kier molecular flexibility index (Phi) is 5.72. The molecule has 0 aliphatic heterocycles. The predicted molar refractivity (Wildman–Crippen MR) is 104 cm³/mol. The van der Waals surface area contributed by atoms with E-state index < -0.39 is 5.97 Å². The van der Waals surface area contributed by atoms with Crippen LogP contribution in [0.3, 0.4) is 0 Å². The lowest BCUT2D eigenvalue weighted by Gasteiger charge is -2.06. The number of thiophene rings is 1. The van der Waals surface area contributed by atoms with Crippen LogP contribution in [-0.2, 0) is 6.42 Å². The zero-order valence-corrected chi connectivity index (χ0v) is 16.1. The summed E-state index contributed by atoms with van der Waals surface area (Å²) in [7, 11) is 0. The number of H-pyrrole nitrogens is 1. The Morgan fingerprint density at radius 1 is 1.32 bits per heavy atom. The average molecular weight is 437 g/mol. The molecule has 0 bridgehead atoms. The van der Waals surface area contributed by atoms with Crippen LogP contribution in [0, 0.1) is 0 Å². The van der Waals surface area contributed by atoms with Gasteiger partial charge in [0.05, 0.1) is 10.4 Å². The second kappa shape index (κ2) is 7.99. The Labute approximate surface area is 160 Å². The van der Waals surface area contributed by atoms with E-state index in [2.05, 4.69) is 25.9 Å². The summed E-state index contributed by atoms with van der Waals surface area (Å²) in [4.78, 5) is 31.3. The average Bonchev–Trinajstić information content (AvgIpc) is 3.12. The summed E-state index contributed by atoms with van der Waals surface area (Å²) in [6.07, 6.45) is 0.680. The van der Waals surface area contributed by atoms with E-state index in [9.17, 15) is 9.59 Å². The van der Waals surface area contributed by atoms with Crippen LogP contribution in [0.1, 0.15) is 15.9 Å². The van der Waals surface area contributed by atoms with Crippen molar-refractivity contribution < 1.29 is 9.90 Å². The maximum absolute atomic E-state index is 12.1. The van der Waals surface area contributed by atoms with Gasteiger partial charge in [0, 0.05) is 5.75 Å².